The number of hydrogen-bond donors (Lipinski definition) is 1. The Morgan fingerprint density at radius 2 is 2.06 bits per heavy atom. The molecular weight excluding hydrogens is 246 g/mol. The number of fused-ring (bicyclic) bond motifs is 1. The standard InChI is InChI=1S/C14H22ClN3/c1-8-12(14(15)18(3)17-8)7-13(16-2)11-5-9-4-10(9)6-11/h9-11,13,16H,4-7H2,1-3H3. The SMILES string of the molecule is CNC(Cc1c(C)nn(C)c1Cl)C1CC2CC2C1. The van der Waals surface area contributed by atoms with Gasteiger partial charge in [-0.05, 0) is 57.4 Å². The molecule has 0 aromatic carbocycles. The van der Waals surface area contributed by atoms with Crippen LogP contribution in [0.25, 0.3) is 0 Å². The molecule has 3 unspecified atom stereocenters. The first-order chi connectivity index (χ1) is 8.60. The van der Waals surface area contributed by atoms with Gasteiger partial charge in [-0.3, -0.25) is 4.68 Å². The van der Waals surface area contributed by atoms with Gasteiger partial charge in [0.2, 0.25) is 0 Å². The van der Waals surface area contributed by atoms with Crippen LogP contribution in [0.2, 0.25) is 5.15 Å². The third-order valence-electron chi connectivity index (χ3n) is 4.91. The molecule has 3 nitrogen and oxygen atoms in total. The molecule has 3 rings (SSSR count). The van der Waals surface area contributed by atoms with Gasteiger partial charge in [0.05, 0.1) is 5.69 Å². The largest absolute Gasteiger partial charge is 0.316 e. The fourth-order valence-corrected chi connectivity index (χ4v) is 3.97. The average molecular weight is 268 g/mol. The number of nitrogens with one attached hydrogen (secondary N) is 1. The average Bonchev–Trinajstić information content (AvgIpc) is 2.88. The van der Waals surface area contributed by atoms with Gasteiger partial charge in [-0.1, -0.05) is 11.6 Å². The fraction of sp³-hybridized carbons (Fsp3) is 0.786. The van der Waals surface area contributed by atoms with Crippen molar-refractivity contribution in [2.75, 3.05) is 7.05 Å². The van der Waals surface area contributed by atoms with Gasteiger partial charge in [0.25, 0.3) is 0 Å². The van der Waals surface area contributed by atoms with Gasteiger partial charge in [-0.15, -0.1) is 0 Å². The van der Waals surface area contributed by atoms with Gasteiger partial charge < -0.3 is 5.32 Å². The molecule has 2 aliphatic carbocycles. The van der Waals surface area contributed by atoms with Crippen molar-refractivity contribution in [3.63, 3.8) is 0 Å². The lowest BCUT2D eigenvalue weighted by Crippen LogP contribution is -2.35. The second-order valence-corrected chi connectivity index (χ2v) is 6.42. The maximum Gasteiger partial charge on any atom is 0.130 e. The van der Waals surface area contributed by atoms with Crippen LogP contribution in [0.15, 0.2) is 0 Å². The maximum absolute atomic E-state index is 6.33. The number of aryl methyl sites for hydroxylation is 2. The van der Waals surface area contributed by atoms with E-state index in [9.17, 15) is 0 Å². The van der Waals surface area contributed by atoms with E-state index >= 15 is 0 Å². The monoisotopic (exact) mass is 267 g/mol. The van der Waals surface area contributed by atoms with E-state index in [1.807, 2.05) is 7.05 Å². The van der Waals surface area contributed by atoms with Crippen molar-refractivity contribution in [1.29, 1.82) is 0 Å². The Morgan fingerprint density at radius 3 is 2.56 bits per heavy atom. The highest BCUT2D eigenvalue weighted by atomic mass is 35.5. The zero-order chi connectivity index (χ0) is 12.9. The van der Waals surface area contributed by atoms with E-state index in [1.54, 1.807) is 4.68 Å². The second kappa shape index (κ2) is 4.53. The molecule has 0 amide bonds. The Morgan fingerprint density at radius 1 is 1.39 bits per heavy atom. The molecule has 2 aliphatic rings. The number of halogens is 1. The molecule has 1 aromatic rings. The van der Waals surface area contributed by atoms with E-state index in [0.29, 0.717) is 6.04 Å². The van der Waals surface area contributed by atoms with Crippen LogP contribution < -0.4 is 5.32 Å². The highest BCUT2D eigenvalue weighted by Crippen LogP contribution is 2.55. The molecule has 1 heterocycles. The molecule has 0 radical (unpaired) electrons. The molecule has 1 aromatic heterocycles. The van der Waals surface area contributed by atoms with Crippen molar-refractivity contribution in [3.8, 4) is 0 Å². The number of rotatable bonds is 4. The zero-order valence-electron chi connectivity index (χ0n) is 11.4. The number of aromatic nitrogens is 2. The highest BCUT2D eigenvalue weighted by molar-refractivity contribution is 6.30. The molecule has 2 saturated carbocycles. The lowest BCUT2D eigenvalue weighted by Gasteiger charge is -2.24. The van der Waals surface area contributed by atoms with E-state index in [4.69, 9.17) is 11.6 Å². The van der Waals surface area contributed by atoms with E-state index in [1.165, 1.54) is 24.8 Å². The first kappa shape index (κ1) is 12.5. The van der Waals surface area contributed by atoms with E-state index in [-0.39, 0.29) is 0 Å². The molecule has 18 heavy (non-hydrogen) atoms. The van der Waals surface area contributed by atoms with Gasteiger partial charge in [0.1, 0.15) is 5.15 Å². The topological polar surface area (TPSA) is 29.9 Å². The van der Waals surface area contributed by atoms with Gasteiger partial charge in [0.15, 0.2) is 0 Å². The third kappa shape index (κ3) is 2.08. The molecule has 0 spiro atoms. The molecule has 1 N–H and O–H groups in total. The van der Waals surface area contributed by atoms with Crippen molar-refractivity contribution in [2.24, 2.45) is 24.8 Å². The molecule has 0 saturated heterocycles. The minimum atomic E-state index is 0.554. The van der Waals surface area contributed by atoms with Crippen molar-refractivity contribution in [3.05, 3.63) is 16.4 Å². The number of likely N-dealkylation sites (N-methyl/N-ethyl adjacent to an activating group) is 1. The number of nitrogens with zero attached hydrogens (tertiary/aromatic N) is 2. The Kier molecular flexibility index (Phi) is 3.15. The van der Waals surface area contributed by atoms with Crippen LogP contribution in [-0.4, -0.2) is 22.9 Å². The Labute approximate surface area is 114 Å². The van der Waals surface area contributed by atoms with Crippen LogP contribution in [0, 0.1) is 24.7 Å². The van der Waals surface area contributed by atoms with Gasteiger partial charge in [-0.2, -0.15) is 5.10 Å². The summed E-state index contributed by atoms with van der Waals surface area (Å²) in [6.45, 7) is 2.06. The molecular formula is C14H22ClN3. The molecule has 100 valence electrons. The smallest absolute Gasteiger partial charge is 0.130 e. The predicted molar refractivity (Wildman–Crippen MR) is 73.8 cm³/mol. The summed E-state index contributed by atoms with van der Waals surface area (Å²) < 4.78 is 1.78. The summed E-state index contributed by atoms with van der Waals surface area (Å²) in [5, 5.41) is 8.71. The first-order valence-corrected chi connectivity index (χ1v) is 7.33. The zero-order valence-corrected chi connectivity index (χ0v) is 12.2. The Bertz CT molecular complexity index is 444. The van der Waals surface area contributed by atoms with Crippen LogP contribution in [-0.2, 0) is 13.5 Å². The minimum absolute atomic E-state index is 0.554. The highest BCUT2D eigenvalue weighted by Gasteiger charge is 2.47. The van der Waals surface area contributed by atoms with Crippen LogP contribution >= 0.6 is 11.6 Å². The Balaban J connectivity index is 1.73. The summed E-state index contributed by atoms with van der Waals surface area (Å²) in [7, 11) is 3.99. The summed E-state index contributed by atoms with van der Waals surface area (Å²) in [5.74, 6) is 2.90. The minimum Gasteiger partial charge on any atom is -0.316 e. The van der Waals surface area contributed by atoms with Gasteiger partial charge in [-0.25, -0.2) is 0 Å². The van der Waals surface area contributed by atoms with Crippen LogP contribution in [0.4, 0.5) is 0 Å². The Hall–Kier alpha value is -0.540. The van der Waals surface area contributed by atoms with Crippen LogP contribution in [0.1, 0.15) is 30.5 Å². The van der Waals surface area contributed by atoms with Crippen LogP contribution in [0.3, 0.4) is 0 Å². The molecule has 3 atom stereocenters. The van der Waals surface area contributed by atoms with Gasteiger partial charge >= 0.3 is 0 Å². The summed E-state index contributed by atoms with van der Waals surface area (Å²) in [4.78, 5) is 0. The quantitative estimate of drug-likeness (QED) is 0.909. The van der Waals surface area contributed by atoms with E-state index < -0.39 is 0 Å². The fourth-order valence-electron chi connectivity index (χ4n) is 3.72. The predicted octanol–water partition coefficient (Wildman–Crippen LogP) is 2.56. The maximum atomic E-state index is 6.33. The van der Waals surface area contributed by atoms with E-state index in [0.717, 1.165) is 35.0 Å². The summed E-state index contributed by atoms with van der Waals surface area (Å²) >= 11 is 6.33. The molecule has 2 fully saturated rings. The molecule has 0 aliphatic heterocycles. The van der Waals surface area contributed by atoms with Crippen molar-refractivity contribution in [2.45, 2.75) is 38.6 Å². The lowest BCUT2D eigenvalue weighted by molar-refractivity contribution is 0.349. The third-order valence-corrected chi connectivity index (χ3v) is 5.39. The summed E-state index contributed by atoms with van der Waals surface area (Å²) in [6.07, 6.45) is 5.32. The molecule has 4 heteroatoms. The normalized spacial score (nSPS) is 31.4. The van der Waals surface area contributed by atoms with Crippen molar-refractivity contribution >= 4 is 11.6 Å². The first-order valence-electron chi connectivity index (χ1n) is 6.95. The van der Waals surface area contributed by atoms with Crippen molar-refractivity contribution < 1.29 is 0 Å². The van der Waals surface area contributed by atoms with Crippen LogP contribution in [0.5, 0.6) is 0 Å². The second-order valence-electron chi connectivity index (χ2n) is 6.07. The summed E-state index contributed by atoms with van der Waals surface area (Å²) in [5.41, 5.74) is 2.30. The van der Waals surface area contributed by atoms with E-state index in [2.05, 4.69) is 24.4 Å². The molecule has 0 bridgehead atoms. The lowest BCUT2D eigenvalue weighted by atomic mass is 9.90. The van der Waals surface area contributed by atoms with Crippen molar-refractivity contribution in [1.82, 2.24) is 15.1 Å². The van der Waals surface area contributed by atoms with Gasteiger partial charge in [0, 0.05) is 18.7 Å². The summed E-state index contributed by atoms with van der Waals surface area (Å²) in [6, 6.07) is 0.554. The number of hydrogen-bond acceptors (Lipinski definition) is 2.